The summed E-state index contributed by atoms with van der Waals surface area (Å²) in [5, 5.41) is 10.3. The largest absolute Gasteiger partial charge is 0.353 e. The zero-order valence-corrected chi connectivity index (χ0v) is 15.2. The van der Waals surface area contributed by atoms with Crippen molar-refractivity contribution in [2.24, 2.45) is 5.92 Å². The number of rotatable bonds is 7. The van der Waals surface area contributed by atoms with E-state index in [-0.39, 0.29) is 36.4 Å². The summed E-state index contributed by atoms with van der Waals surface area (Å²) in [6.45, 7) is 1.66. The number of carbonyl (C=O) groups is 1. The monoisotopic (exact) mass is 376 g/mol. The quantitative estimate of drug-likeness (QED) is 0.715. The van der Waals surface area contributed by atoms with Crippen LogP contribution in [-0.4, -0.2) is 55.2 Å². The van der Waals surface area contributed by atoms with Gasteiger partial charge in [-0.25, -0.2) is 8.42 Å². The van der Waals surface area contributed by atoms with E-state index in [9.17, 15) is 13.2 Å². The standard InChI is InChI=1S/C15H24N4O3S.ClH/c20-14(17-9-11-23(21,22)12-13-2-3-13)15(4-7-16-8-5-15)19-10-1-6-18-19;/h1,6,10,13,16H,2-5,7-9,11-12H2,(H,17,20);1H. The Morgan fingerprint density at radius 3 is 2.62 bits per heavy atom. The molecule has 0 spiro atoms. The van der Waals surface area contributed by atoms with Gasteiger partial charge in [0.05, 0.1) is 11.5 Å². The van der Waals surface area contributed by atoms with Gasteiger partial charge in [-0.05, 0) is 50.8 Å². The fraction of sp³-hybridized carbons (Fsp3) is 0.733. The molecule has 0 aromatic carbocycles. The van der Waals surface area contributed by atoms with Crippen molar-refractivity contribution in [2.45, 2.75) is 31.2 Å². The smallest absolute Gasteiger partial charge is 0.248 e. The van der Waals surface area contributed by atoms with Gasteiger partial charge in [-0.2, -0.15) is 5.10 Å². The normalized spacial score (nSPS) is 20.2. The molecule has 136 valence electrons. The molecular formula is C15H25ClN4O3S. The summed E-state index contributed by atoms with van der Waals surface area (Å²) >= 11 is 0. The summed E-state index contributed by atoms with van der Waals surface area (Å²) in [4.78, 5) is 12.7. The SMILES string of the molecule is Cl.O=C(NCCS(=O)(=O)CC1CC1)C1(n2cccn2)CCNCC1. The Bertz CT molecular complexity index is 638. The first kappa shape index (κ1) is 19.2. The second kappa shape index (κ2) is 7.84. The molecule has 1 aromatic heterocycles. The van der Waals surface area contributed by atoms with E-state index < -0.39 is 15.4 Å². The summed E-state index contributed by atoms with van der Waals surface area (Å²) in [7, 11) is -3.07. The van der Waals surface area contributed by atoms with Crippen molar-refractivity contribution in [1.29, 1.82) is 0 Å². The molecule has 2 heterocycles. The molecule has 2 N–H and O–H groups in total. The molecule has 2 aliphatic rings. The van der Waals surface area contributed by atoms with E-state index in [2.05, 4.69) is 15.7 Å². The number of halogens is 1. The fourth-order valence-corrected chi connectivity index (χ4v) is 4.77. The minimum absolute atomic E-state index is 0. The molecule has 1 aliphatic heterocycles. The highest BCUT2D eigenvalue weighted by Gasteiger charge is 2.41. The molecular weight excluding hydrogens is 352 g/mol. The zero-order chi connectivity index (χ0) is 16.3. The Morgan fingerprint density at radius 1 is 1.33 bits per heavy atom. The average Bonchev–Trinajstić information content (AvgIpc) is 3.15. The number of piperidine rings is 1. The van der Waals surface area contributed by atoms with Crippen LogP contribution in [0.1, 0.15) is 25.7 Å². The van der Waals surface area contributed by atoms with E-state index in [1.807, 2.05) is 0 Å². The molecule has 1 aromatic rings. The maximum atomic E-state index is 12.7. The van der Waals surface area contributed by atoms with Crippen LogP contribution in [-0.2, 0) is 20.2 Å². The van der Waals surface area contributed by atoms with Crippen LogP contribution in [0, 0.1) is 5.92 Å². The van der Waals surface area contributed by atoms with Crippen LogP contribution in [0.3, 0.4) is 0 Å². The summed E-state index contributed by atoms with van der Waals surface area (Å²) < 4.78 is 25.6. The van der Waals surface area contributed by atoms with E-state index in [1.165, 1.54) is 0 Å². The second-order valence-electron chi connectivity index (χ2n) is 6.55. The Labute approximate surface area is 148 Å². The molecule has 1 saturated heterocycles. The number of nitrogens with zero attached hydrogens (tertiary/aromatic N) is 2. The number of amides is 1. The highest BCUT2D eigenvalue weighted by molar-refractivity contribution is 7.91. The molecule has 0 bridgehead atoms. The van der Waals surface area contributed by atoms with Crippen molar-refractivity contribution < 1.29 is 13.2 Å². The lowest BCUT2D eigenvalue weighted by atomic mass is 9.87. The van der Waals surface area contributed by atoms with Crippen molar-refractivity contribution in [2.75, 3.05) is 31.1 Å². The van der Waals surface area contributed by atoms with E-state index >= 15 is 0 Å². The minimum Gasteiger partial charge on any atom is -0.353 e. The highest BCUT2D eigenvalue weighted by Crippen LogP contribution is 2.30. The third-order valence-corrected chi connectivity index (χ3v) is 6.49. The molecule has 0 radical (unpaired) electrons. The van der Waals surface area contributed by atoms with Crippen LogP contribution >= 0.6 is 12.4 Å². The van der Waals surface area contributed by atoms with Crippen LogP contribution in [0.25, 0.3) is 0 Å². The molecule has 0 atom stereocenters. The van der Waals surface area contributed by atoms with E-state index in [4.69, 9.17) is 0 Å². The number of nitrogens with one attached hydrogen (secondary N) is 2. The Hall–Kier alpha value is -1.12. The Kier molecular flexibility index (Phi) is 6.28. The third kappa shape index (κ3) is 4.49. The van der Waals surface area contributed by atoms with Crippen molar-refractivity contribution in [3.63, 3.8) is 0 Å². The highest BCUT2D eigenvalue weighted by atomic mass is 35.5. The average molecular weight is 377 g/mol. The second-order valence-corrected chi connectivity index (χ2v) is 8.77. The number of hydrogen-bond donors (Lipinski definition) is 2. The lowest BCUT2D eigenvalue weighted by Gasteiger charge is -2.36. The first-order chi connectivity index (χ1) is 11.0. The summed E-state index contributed by atoms with van der Waals surface area (Å²) in [6.07, 6.45) is 6.79. The molecule has 1 saturated carbocycles. The number of carbonyl (C=O) groups excluding carboxylic acids is 1. The van der Waals surface area contributed by atoms with Crippen LogP contribution in [0.4, 0.5) is 0 Å². The number of sulfone groups is 1. The molecule has 2 fully saturated rings. The first-order valence-electron chi connectivity index (χ1n) is 8.21. The van der Waals surface area contributed by atoms with E-state index in [1.54, 1.807) is 23.1 Å². The lowest BCUT2D eigenvalue weighted by molar-refractivity contribution is -0.131. The van der Waals surface area contributed by atoms with Crippen molar-refractivity contribution in [3.05, 3.63) is 18.5 Å². The van der Waals surface area contributed by atoms with Gasteiger partial charge in [0.15, 0.2) is 9.84 Å². The Balaban J connectivity index is 0.00000208. The summed E-state index contributed by atoms with van der Waals surface area (Å²) in [5.41, 5.74) is -0.713. The molecule has 1 aliphatic carbocycles. The fourth-order valence-electron chi connectivity index (χ4n) is 3.13. The van der Waals surface area contributed by atoms with Crippen LogP contribution in [0.5, 0.6) is 0 Å². The zero-order valence-electron chi connectivity index (χ0n) is 13.6. The number of aromatic nitrogens is 2. The maximum absolute atomic E-state index is 12.7. The molecule has 7 nitrogen and oxygen atoms in total. The van der Waals surface area contributed by atoms with Gasteiger partial charge in [0, 0.05) is 18.9 Å². The van der Waals surface area contributed by atoms with Crippen molar-refractivity contribution in [3.8, 4) is 0 Å². The minimum atomic E-state index is -3.07. The molecule has 3 rings (SSSR count). The van der Waals surface area contributed by atoms with Gasteiger partial charge < -0.3 is 10.6 Å². The van der Waals surface area contributed by atoms with Gasteiger partial charge in [0.25, 0.3) is 0 Å². The van der Waals surface area contributed by atoms with Crippen LogP contribution in [0.2, 0.25) is 0 Å². The van der Waals surface area contributed by atoms with Gasteiger partial charge in [0.1, 0.15) is 5.54 Å². The van der Waals surface area contributed by atoms with E-state index in [0.29, 0.717) is 18.8 Å². The summed E-state index contributed by atoms with van der Waals surface area (Å²) in [5.74, 6) is 0.486. The summed E-state index contributed by atoms with van der Waals surface area (Å²) in [6, 6.07) is 1.80. The molecule has 1 amide bonds. The van der Waals surface area contributed by atoms with E-state index in [0.717, 1.165) is 25.9 Å². The van der Waals surface area contributed by atoms with Gasteiger partial charge in [-0.1, -0.05) is 0 Å². The maximum Gasteiger partial charge on any atom is 0.248 e. The predicted molar refractivity (Wildman–Crippen MR) is 93.9 cm³/mol. The van der Waals surface area contributed by atoms with Crippen molar-refractivity contribution in [1.82, 2.24) is 20.4 Å². The van der Waals surface area contributed by atoms with Gasteiger partial charge in [-0.15, -0.1) is 12.4 Å². The van der Waals surface area contributed by atoms with Crippen LogP contribution < -0.4 is 10.6 Å². The van der Waals surface area contributed by atoms with Gasteiger partial charge in [-0.3, -0.25) is 9.48 Å². The van der Waals surface area contributed by atoms with Gasteiger partial charge in [0.2, 0.25) is 5.91 Å². The topological polar surface area (TPSA) is 93.1 Å². The predicted octanol–water partition coefficient (Wildman–Crippen LogP) is 0.325. The van der Waals surface area contributed by atoms with Crippen LogP contribution in [0.15, 0.2) is 18.5 Å². The first-order valence-corrected chi connectivity index (χ1v) is 10.0. The number of hydrogen-bond acceptors (Lipinski definition) is 5. The van der Waals surface area contributed by atoms with Gasteiger partial charge >= 0.3 is 0 Å². The molecule has 9 heteroatoms. The Morgan fingerprint density at radius 2 is 2.04 bits per heavy atom. The third-order valence-electron chi connectivity index (χ3n) is 4.68. The molecule has 24 heavy (non-hydrogen) atoms. The molecule has 0 unspecified atom stereocenters. The van der Waals surface area contributed by atoms with Crippen molar-refractivity contribution >= 4 is 28.2 Å². The lowest BCUT2D eigenvalue weighted by Crippen LogP contribution is -2.55.